The lowest BCUT2D eigenvalue weighted by molar-refractivity contribution is 0.414. The lowest BCUT2D eigenvalue weighted by Gasteiger charge is -2.06. The highest BCUT2D eigenvalue weighted by atomic mass is 16.5. The van der Waals surface area contributed by atoms with Crippen LogP contribution in [0.1, 0.15) is 5.56 Å². The minimum Gasteiger partial charge on any atom is -0.497 e. The van der Waals surface area contributed by atoms with E-state index >= 15 is 0 Å². The van der Waals surface area contributed by atoms with Crippen LogP contribution in [-0.4, -0.2) is 22.2 Å². The zero-order valence-electron chi connectivity index (χ0n) is 14.8. The average molecular weight is 358 g/mol. The molecule has 2 aromatic carbocycles. The molecule has 0 saturated carbocycles. The monoisotopic (exact) mass is 358 g/mol. The van der Waals surface area contributed by atoms with Gasteiger partial charge in [-0.25, -0.2) is 4.98 Å². The van der Waals surface area contributed by atoms with Gasteiger partial charge < -0.3 is 14.6 Å². The Hall–Kier alpha value is -3.67. The van der Waals surface area contributed by atoms with Gasteiger partial charge in [-0.3, -0.25) is 0 Å². The largest absolute Gasteiger partial charge is 0.497 e. The molecule has 0 saturated heterocycles. The molecule has 0 aliphatic heterocycles. The molecule has 1 N–H and O–H groups in total. The quantitative estimate of drug-likeness (QED) is 0.550. The third kappa shape index (κ3) is 3.95. The molecule has 6 nitrogen and oxygen atoms in total. The first kappa shape index (κ1) is 16.8. The van der Waals surface area contributed by atoms with Gasteiger partial charge in [0.25, 0.3) is 5.89 Å². The van der Waals surface area contributed by atoms with Gasteiger partial charge in [-0.15, -0.1) is 0 Å². The first-order valence-corrected chi connectivity index (χ1v) is 8.54. The number of hydrogen-bond acceptors (Lipinski definition) is 6. The van der Waals surface area contributed by atoms with Crippen molar-refractivity contribution in [3.8, 4) is 28.6 Å². The summed E-state index contributed by atoms with van der Waals surface area (Å²) in [4.78, 5) is 8.86. The second-order valence-corrected chi connectivity index (χ2v) is 5.92. The molecule has 0 radical (unpaired) electrons. The third-order valence-corrected chi connectivity index (χ3v) is 4.10. The zero-order chi connectivity index (χ0) is 18.5. The van der Waals surface area contributed by atoms with Crippen molar-refractivity contribution in [2.24, 2.45) is 0 Å². The van der Waals surface area contributed by atoms with Crippen LogP contribution in [0, 0.1) is 0 Å². The molecule has 0 unspecified atom stereocenters. The maximum Gasteiger partial charge on any atom is 0.259 e. The second kappa shape index (κ2) is 7.70. The molecule has 2 heterocycles. The van der Waals surface area contributed by atoms with E-state index in [1.54, 1.807) is 13.3 Å². The molecule has 27 heavy (non-hydrogen) atoms. The number of aromatic nitrogens is 3. The summed E-state index contributed by atoms with van der Waals surface area (Å²) in [5, 5.41) is 7.33. The van der Waals surface area contributed by atoms with Crippen molar-refractivity contribution < 1.29 is 9.26 Å². The number of rotatable bonds is 6. The Bertz CT molecular complexity index is 997. The van der Waals surface area contributed by atoms with Crippen LogP contribution < -0.4 is 10.1 Å². The SMILES string of the molecule is COc1ccc(CNc2ccc(-c3nc(-c4ccccc4)no3)cn2)cc1. The summed E-state index contributed by atoms with van der Waals surface area (Å²) in [5.41, 5.74) is 2.84. The molecule has 0 amide bonds. The summed E-state index contributed by atoms with van der Waals surface area (Å²) < 4.78 is 10.5. The van der Waals surface area contributed by atoms with Crippen molar-refractivity contribution in [2.45, 2.75) is 6.54 Å². The van der Waals surface area contributed by atoms with Gasteiger partial charge in [-0.1, -0.05) is 47.6 Å². The molecule has 2 aromatic heterocycles. The van der Waals surface area contributed by atoms with Gasteiger partial charge in [0.2, 0.25) is 5.82 Å². The van der Waals surface area contributed by atoms with Crippen molar-refractivity contribution in [3.05, 3.63) is 78.5 Å². The maximum absolute atomic E-state index is 5.36. The van der Waals surface area contributed by atoms with Crippen LogP contribution in [0.2, 0.25) is 0 Å². The molecule has 134 valence electrons. The molecule has 0 aliphatic rings. The van der Waals surface area contributed by atoms with E-state index in [1.165, 1.54) is 0 Å². The fourth-order valence-corrected chi connectivity index (χ4v) is 2.61. The molecular formula is C21H18N4O2. The molecule has 0 fully saturated rings. The van der Waals surface area contributed by atoms with Crippen molar-refractivity contribution in [3.63, 3.8) is 0 Å². The predicted octanol–water partition coefficient (Wildman–Crippen LogP) is 4.42. The number of nitrogens with one attached hydrogen (secondary N) is 1. The molecule has 4 rings (SSSR count). The highest BCUT2D eigenvalue weighted by Gasteiger charge is 2.10. The van der Waals surface area contributed by atoms with Crippen molar-refractivity contribution in [1.29, 1.82) is 0 Å². The van der Waals surface area contributed by atoms with Crippen molar-refractivity contribution in [2.75, 3.05) is 12.4 Å². The molecule has 0 bridgehead atoms. The van der Waals surface area contributed by atoms with Gasteiger partial charge in [-0.2, -0.15) is 4.98 Å². The molecule has 0 atom stereocenters. The molecule has 4 aromatic rings. The van der Waals surface area contributed by atoms with Gasteiger partial charge in [0.05, 0.1) is 12.7 Å². The standard InChI is InChI=1S/C21H18N4O2/c1-26-18-10-7-15(8-11-18)13-22-19-12-9-17(14-23-19)21-24-20(25-27-21)16-5-3-2-4-6-16/h2-12,14H,13H2,1H3,(H,22,23). The topological polar surface area (TPSA) is 73.1 Å². The number of pyridine rings is 1. The van der Waals surface area contributed by atoms with E-state index in [-0.39, 0.29) is 0 Å². The van der Waals surface area contributed by atoms with Crippen LogP contribution in [-0.2, 0) is 6.54 Å². The van der Waals surface area contributed by atoms with Crippen LogP contribution in [0.3, 0.4) is 0 Å². The summed E-state index contributed by atoms with van der Waals surface area (Å²) in [7, 11) is 1.66. The van der Waals surface area contributed by atoms with Gasteiger partial charge in [0, 0.05) is 18.3 Å². The maximum atomic E-state index is 5.36. The number of methoxy groups -OCH3 is 1. The van der Waals surface area contributed by atoms with Crippen LogP contribution in [0.25, 0.3) is 22.8 Å². The Balaban J connectivity index is 1.42. The number of hydrogen-bond donors (Lipinski definition) is 1. The third-order valence-electron chi connectivity index (χ3n) is 4.10. The Morgan fingerprint density at radius 2 is 1.74 bits per heavy atom. The lowest BCUT2D eigenvalue weighted by atomic mass is 10.2. The fourth-order valence-electron chi connectivity index (χ4n) is 2.61. The van der Waals surface area contributed by atoms with Crippen LogP contribution in [0.4, 0.5) is 5.82 Å². The molecule has 6 heteroatoms. The number of nitrogens with zero attached hydrogens (tertiary/aromatic N) is 3. The summed E-state index contributed by atoms with van der Waals surface area (Å²) in [6.07, 6.45) is 1.72. The predicted molar refractivity (Wildman–Crippen MR) is 103 cm³/mol. The summed E-state index contributed by atoms with van der Waals surface area (Å²) >= 11 is 0. The van der Waals surface area contributed by atoms with Crippen molar-refractivity contribution >= 4 is 5.82 Å². The van der Waals surface area contributed by atoms with Crippen molar-refractivity contribution in [1.82, 2.24) is 15.1 Å². The summed E-state index contributed by atoms with van der Waals surface area (Å²) in [6.45, 7) is 0.676. The number of ether oxygens (including phenoxy) is 1. The van der Waals surface area contributed by atoms with Gasteiger partial charge in [-0.05, 0) is 29.8 Å². The van der Waals surface area contributed by atoms with E-state index < -0.39 is 0 Å². The first-order chi connectivity index (χ1) is 13.3. The molecular weight excluding hydrogens is 340 g/mol. The minimum absolute atomic E-state index is 0.447. The average Bonchev–Trinajstić information content (AvgIpc) is 3.24. The van der Waals surface area contributed by atoms with Gasteiger partial charge >= 0.3 is 0 Å². The van der Waals surface area contributed by atoms with E-state index in [9.17, 15) is 0 Å². The van der Waals surface area contributed by atoms with Crippen LogP contribution in [0.5, 0.6) is 5.75 Å². The Labute approximate surface area is 156 Å². The van der Waals surface area contributed by atoms with E-state index in [0.717, 1.165) is 28.3 Å². The fraction of sp³-hybridized carbons (Fsp3) is 0.0952. The number of benzene rings is 2. The summed E-state index contributed by atoms with van der Waals surface area (Å²) in [5.74, 6) is 2.63. The molecule has 0 aliphatic carbocycles. The molecule has 0 spiro atoms. The minimum atomic E-state index is 0.447. The van der Waals surface area contributed by atoms with E-state index in [0.29, 0.717) is 18.3 Å². The normalized spacial score (nSPS) is 10.6. The Morgan fingerprint density at radius 3 is 2.44 bits per heavy atom. The zero-order valence-corrected chi connectivity index (χ0v) is 14.8. The second-order valence-electron chi connectivity index (χ2n) is 5.92. The highest BCUT2D eigenvalue weighted by Crippen LogP contribution is 2.22. The lowest BCUT2D eigenvalue weighted by Crippen LogP contribution is -2.01. The van der Waals surface area contributed by atoms with Crippen LogP contribution in [0.15, 0.2) is 77.4 Å². The van der Waals surface area contributed by atoms with E-state index in [2.05, 4.69) is 20.4 Å². The highest BCUT2D eigenvalue weighted by molar-refractivity contribution is 5.60. The smallest absolute Gasteiger partial charge is 0.259 e. The van der Waals surface area contributed by atoms with E-state index in [1.807, 2.05) is 66.7 Å². The summed E-state index contributed by atoms with van der Waals surface area (Å²) in [6, 6.07) is 21.4. The van der Waals surface area contributed by atoms with Gasteiger partial charge in [0.15, 0.2) is 0 Å². The van der Waals surface area contributed by atoms with Crippen LogP contribution >= 0.6 is 0 Å². The van der Waals surface area contributed by atoms with Gasteiger partial charge in [0.1, 0.15) is 11.6 Å². The Kier molecular flexibility index (Phi) is 4.78. The van der Waals surface area contributed by atoms with E-state index in [4.69, 9.17) is 9.26 Å². The first-order valence-electron chi connectivity index (χ1n) is 8.54. The Morgan fingerprint density at radius 1 is 0.926 bits per heavy atom. The number of anilines is 1.